The first kappa shape index (κ1) is 13.5. The number of amides is 1. The van der Waals surface area contributed by atoms with Gasteiger partial charge in [0.05, 0.1) is 0 Å². The SMILES string of the molecule is CC(C)CC(C)NC(=O)[C@H]1CCN[C@@H](C)C1. The van der Waals surface area contributed by atoms with Crippen LogP contribution in [0.5, 0.6) is 0 Å². The van der Waals surface area contributed by atoms with Crippen LogP contribution in [-0.4, -0.2) is 24.5 Å². The number of piperidine rings is 1. The van der Waals surface area contributed by atoms with Crippen LogP contribution in [-0.2, 0) is 4.79 Å². The van der Waals surface area contributed by atoms with Crippen LogP contribution >= 0.6 is 0 Å². The summed E-state index contributed by atoms with van der Waals surface area (Å²) in [5, 5.41) is 6.51. The lowest BCUT2D eigenvalue weighted by Gasteiger charge is -2.28. The zero-order valence-corrected chi connectivity index (χ0v) is 11.0. The van der Waals surface area contributed by atoms with Gasteiger partial charge >= 0.3 is 0 Å². The number of nitrogens with one attached hydrogen (secondary N) is 2. The molecule has 1 saturated heterocycles. The van der Waals surface area contributed by atoms with Crippen LogP contribution < -0.4 is 10.6 Å². The van der Waals surface area contributed by atoms with E-state index in [9.17, 15) is 4.79 Å². The van der Waals surface area contributed by atoms with Crippen molar-refractivity contribution >= 4 is 5.91 Å². The fourth-order valence-corrected chi connectivity index (χ4v) is 2.50. The molecule has 0 aromatic heterocycles. The van der Waals surface area contributed by atoms with Crippen LogP contribution in [0.25, 0.3) is 0 Å². The molecule has 0 saturated carbocycles. The second-order valence-corrected chi connectivity index (χ2v) is 5.62. The zero-order chi connectivity index (χ0) is 12.1. The topological polar surface area (TPSA) is 41.1 Å². The first-order chi connectivity index (χ1) is 7.49. The average molecular weight is 226 g/mol. The molecule has 1 unspecified atom stereocenters. The van der Waals surface area contributed by atoms with Crippen molar-refractivity contribution < 1.29 is 4.79 Å². The van der Waals surface area contributed by atoms with Crippen molar-refractivity contribution in [3.05, 3.63) is 0 Å². The lowest BCUT2D eigenvalue weighted by molar-refractivity contribution is -0.126. The predicted molar refractivity (Wildman–Crippen MR) is 67.2 cm³/mol. The van der Waals surface area contributed by atoms with Crippen molar-refractivity contribution in [1.29, 1.82) is 0 Å². The smallest absolute Gasteiger partial charge is 0.223 e. The highest BCUT2D eigenvalue weighted by Gasteiger charge is 2.25. The van der Waals surface area contributed by atoms with E-state index < -0.39 is 0 Å². The Hall–Kier alpha value is -0.570. The maximum absolute atomic E-state index is 12.0. The first-order valence-electron chi connectivity index (χ1n) is 6.52. The molecule has 94 valence electrons. The molecular formula is C13H26N2O. The molecule has 1 fully saturated rings. The van der Waals surface area contributed by atoms with Gasteiger partial charge in [0.2, 0.25) is 5.91 Å². The van der Waals surface area contributed by atoms with E-state index in [4.69, 9.17) is 0 Å². The number of carbonyl (C=O) groups excluding carboxylic acids is 1. The summed E-state index contributed by atoms with van der Waals surface area (Å²) >= 11 is 0. The van der Waals surface area contributed by atoms with Crippen molar-refractivity contribution in [2.45, 2.75) is 59.0 Å². The van der Waals surface area contributed by atoms with Crippen molar-refractivity contribution in [1.82, 2.24) is 10.6 Å². The van der Waals surface area contributed by atoms with E-state index in [-0.39, 0.29) is 11.8 Å². The highest BCUT2D eigenvalue weighted by Crippen LogP contribution is 2.16. The Balaban J connectivity index is 2.33. The predicted octanol–water partition coefficient (Wildman–Crippen LogP) is 1.93. The van der Waals surface area contributed by atoms with E-state index in [1.807, 2.05) is 0 Å². The molecule has 0 aromatic carbocycles. The second kappa shape index (κ2) is 6.24. The van der Waals surface area contributed by atoms with Crippen LogP contribution in [0.4, 0.5) is 0 Å². The molecule has 1 aliphatic heterocycles. The van der Waals surface area contributed by atoms with Gasteiger partial charge in [0.25, 0.3) is 0 Å². The molecule has 16 heavy (non-hydrogen) atoms. The van der Waals surface area contributed by atoms with Gasteiger partial charge in [-0.25, -0.2) is 0 Å². The summed E-state index contributed by atoms with van der Waals surface area (Å²) in [5.41, 5.74) is 0. The Bertz CT molecular complexity index is 228. The summed E-state index contributed by atoms with van der Waals surface area (Å²) in [6, 6.07) is 0.780. The Morgan fingerprint density at radius 3 is 2.69 bits per heavy atom. The van der Waals surface area contributed by atoms with Gasteiger partial charge in [-0.15, -0.1) is 0 Å². The molecule has 1 amide bonds. The monoisotopic (exact) mass is 226 g/mol. The summed E-state index contributed by atoms with van der Waals surface area (Å²) in [5.74, 6) is 1.11. The van der Waals surface area contributed by atoms with Crippen molar-refractivity contribution in [3.63, 3.8) is 0 Å². The molecule has 3 nitrogen and oxygen atoms in total. The fourth-order valence-electron chi connectivity index (χ4n) is 2.50. The third-order valence-corrected chi connectivity index (χ3v) is 3.21. The van der Waals surface area contributed by atoms with Crippen LogP contribution in [0, 0.1) is 11.8 Å². The second-order valence-electron chi connectivity index (χ2n) is 5.62. The third kappa shape index (κ3) is 4.52. The van der Waals surface area contributed by atoms with Gasteiger partial charge in [0.1, 0.15) is 0 Å². The van der Waals surface area contributed by atoms with Gasteiger partial charge in [-0.3, -0.25) is 4.79 Å². The normalized spacial score (nSPS) is 27.8. The number of rotatable bonds is 4. The van der Waals surface area contributed by atoms with Crippen molar-refractivity contribution in [3.8, 4) is 0 Å². The van der Waals surface area contributed by atoms with E-state index in [2.05, 4.69) is 38.3 Å². The largest absolute Gasteiger partial charge is 0.353 e. The number of hydrogen-bond donors (Lipinski definition) is 2. The Kier molecular flexibility index (Phi) is 5.26. The summed E-state index contributed by atoms with van der Waals surface area (Å²) in [6.07, 6.45) is 3.01. The summed E-state index contributed by atoms with van der Waals surface area (Å²) in [6.45, 7) is 9.60. The standard InChI is InChI=1S/C13H26N2O/c1-9(2)7-11(4)15-13(16)12-5-6-14-10(3)8-12/h9-12,14H,5-8H2,1-4H3,(H,15,16)/t10-,11?,12-/m0/s1. The third-order valence-electron chi connectivity index (χ3n) is 3.21. The van der Waals surface area contributed by atoms with Crippen LogP contribution in [0.2, 0.25) is 0 Å². The van der Waals surface area contributed by atoms with E-state index in [1.54, 1.807) is 0 Å². The van der Waals surface area contributed by atoms with Gasteiger partial charge in [-0.1, -0.05) is 13.8 Å². The van der Waals surface area contributed by atoms with Gasteiger partial charge in [0.15, 0.2) is 0 Å². The minimum Gasteiger partial charge on any atom is -0.353 e. The molecule has 0 radical (unpaired) electrons. The maximum Gasteiger partial charge on any atom is 0.223 e. The molecule has 0 spiro atoms. The minimum absolute atomic E-state index is 0.214. The molecule has 1 rings (SSSR count). The summed E-state index contributed by atoms with van der Waals surface area (Å²) in [4.78, 5) is 12.0. The average Bonchev–Trinajstić information content (AvgIpc) is 2.16. The van der Waals surface area contributed by atoms with Crippen LogP contribution in [0.15, 0.2) is 0 Å². The number of carbonyl (C=O) groups is 1. The quantitative estimate of drug-likeness (QED) is 0.769. The highest BCUT2D eigenvalue weighted by molar-refractivity contribution is 5.79. The Morgan fingerprint density at radius 1 is 1.44 bits per heavy atom. The van der Waals surface area contributed by atoms with Crippen molar-refractivity contribution in [2.75, 3.05) is 6.54 Å². The van der Waals surface area contributed by atoms with Crippen molar-refractivity contribution in [2.24, 2.45) is 11.8 Å². The van der Waals surface area contributed by atoms with Gasteiger partial charge in [-0.2, -0.15) is 0 Å². The first-order valence-corrected chi connectivity index (χ1v) is 6.52. The minimum atomic E-state index is 0.214. The van der Waals surface area contributed by atoms with E-state index in [1.165, 1.54) is 0 Å². The highest BCUT2D eigenvalue weighted by atomic mass is 16.1. The fraction of sp³-hybridized carbons (Fsp3) is 0.923. The molecule has 1 heterocycles. The molecule has 3 heteroatoms. The van der Waals surface area contributed by atoms with Gasteiger partial charge in [0, 0.05) is 18.0 Å². The summed E-state index contributed by atoms with van der Waals surface area (Å²) in [7, 11) is 0. The molecule has 0 aliphatic carbocycles. The van der Waals surface area contributed by atoms with Gasteiger partial charge in [-0.05, 0) is 45.6 Å². The van der Waals surface area contributed by atoms with E-state index in [0.717, 1.165) is 25.8 Å². The maximum atomic E-state index is 12.0. The van der Waals surface area contributed by atoms with Gasteiger partial charge < -0.3 is 10.6 Å². The molecular weight excluding hydrogens is 200 g/mol. The lowest BCUT2D eigenvalue weighted by Crippen LogP contribution is -2.44. The van der Waals surface area contributed by atoms with E-state index >= 15 is 0 Å². The van der Waals surface area contributed by atoms with E-state index in [0.29, 0.717) is 18.0 Å². The molecule has 0 bridgehead atoms. The van der Waals surface area contributed by atoms with Crippen LogP contribution in [0.3, 0.4) is 0 Å². The molecule has 2 N–H and O–H groups in total. The molecule has 0 aromatic rings. The Labute approximate surface area is 99.4 Å². The molecule has 1 aliphatic rings. The zero-order valence-electron chi connectivity index (χ0n) is 11.0. The lowest BCUT2D eigenvalue weighted by atomic mass is 9.92. The summed E-state index contributed by atoms with van der Waals surface area (Å²) < 4.78 is 0. The number of hydrogen-bond acceptors (Lipinski definition) is 2. The Morgan fingerprint density at radius 2 is 2.12 bits per heavy atom. The molecule has 3 atom stereocenters. The van der Waals surface area contributed by atoms with Crippen LogP contribution in [0.1, 0.15) is 47.0 Å².